The second-order valence-corrected chi connectivity index (χ2v) is 7.17. The summed E-state index contributed by atoms with van der Waals surface area (Å²) in [5.41, 5.74) is 2.15. The van der Waals surface area contributed by atoms with Gasteiger partial charge in [0.15, 0.2) is 0 Å². The number of rotatable bonds is 6. The van der Waals surface area contributed by atoms with Crippen LogP contribution < -0.4 is 5.32 Å². The molecule has 2 amide bonds. The van der Waals surface area contributed by atoms with Gasteiger partial charge in [0, 0.05) is 25.3 Å². The van der Waals surface area contributed by atoms with Crippen LogP contribution in [0.1, 0.15) is 56.8 Å². The molecule has 0 unspecified atom stereocenters. The van der Waals surface area contributed by atoms with Gasteiger partial charge in [0.1, 0.15) is 0 Å². The number of amides is 2. The molecular weight excluding hydrogens is 288 g/mol. The lowest BCUT2D eigenvalue weighted by Crippen LogP contribution is -2.44. The van der Waals surface area contributed by atoms with Crippen molar-refractivity contribution in [1.29, 1.82) is 0 Å². The van der Waals surface area contributed by atoms with Crippen molar-refractivity contribution in [3.8, 4) is 0 Å². The summed E-state index contributed by atoms with van der Waals surface area (Å²) < 4.78 is 1.96. The van der Waals surface area contributed by atoms with E-state index < -0.39 is 0 Å². The van der Waals surface area contributed by atoms with Gasteiger partial charge in [-0.1, -0.05) is 32.1 Å². The highest BCUT2D eigenvalue weighted by atomic mass is 16.2. The van der Waals surface area contributed by atoms with Gasteiger partial charge >= 0.3 is 6.03 Å². The molecule has 0 radical (unpaired) electrons. The SMILES string of the molecule is Cc1cc(C)n(C[C@H](C)NC(=O)N(C)CCC2CCCCC2)n1. The van der Waals surface area contributed by atoms with Crippen molar-refractivity contribution in [2.24, 2.45) is 5.92 Å². The molecule has 1 fully saturated rings. The van der Waals surface area contributed by atoms with Crippen molar-refractivity contribution in [1.82, 2.24) is 20.0 Å². The van der Waals surface area contributed by atoms with E-state index in [0.717, 1.165) is 30.3 Å². The number of nitrogens with zero attached hydrogens (tertiary/aromatic N) is 3. The van der Waals surface area contributed by atoms with Gasteiger partial charge in [0.2, 0.25) is 0 Å². The van der Waals surface area contributed by atoms with Crippen molar-refractivity contribution in [3.05, 3.63) is 17.5 Å². The Morgan fingerprint density at radius 1 is 1.39 bits per heavy atom. The van der Waals surface area contributed by atoms with Crippen LogP contribution in [0.25, 0.3) is 0 Å². The van der Waals surface area contributed by atoms with Gasteiger partial charge < -0.3 is 10.2 Å². The van der Waals surface area contributed by atoms with Gasteiger partial charge in [0.05, 0.1) is 12.2 Å². The van der Waals surface area contributed by atoms with Gasteiger partial charge in [0.25, 0.3) is 0 Å². The van der Waals surface area contributed by atoms with Crippen molar-refractivity contribution in [2.75, 3.05) is 13.6 Å². The number of nitrogens with one attached hydrogen (secondary N) is 1. The van der Waals surface area contributed by atoms with Crippen molar-refractivity contribution >= 4 is 6.03 Å². The normalized spacial score (nSPS) is 17.0. The van der Waals surface area contributed by atoms with Crippen LogP contribution in [0.15, 0.2) is 6.07 Å². The fourth-order valence-electron chi connectivity index (χ4n) is 3.44. The highest BCUT2D eigenvalue weighted by molar-refractivity contribution is 5.74. The van der Waals surface area contributed by atoms with E-state index in [4.69, 9.17) is 0 Å². The fourth-order valence-corrected chi connectivity index (χ4v) is 3.44. The zero-order valence-electron chi connectivity index (χ0n) is 15.1. The van der Waals surface area contributed by atoms with E-state index in [2.05, 4.69) is 16.5 Å². The number of hydrogen-bond acceptors (Lipinski definition) is 2. The topological polar surface area (TPSA) is 50.2 Å². The first-order valence-electron chi connectivity index (χ1n) is 8.98. The Morgan fingerprint density at radius 2 is 2.09 bits per heavy atom. The molecule has 1 aliphatic carbocycles. The lowest BCUT2D eigenvalue weighted by Gasteiger charge is -2.26. The molecule has 5 nitrogen and oxygen atoms in total. The number of urea groups is 1. The van der Waals surface area contributed by atoms with Crippen LogP contribution in [-0.2, 0) is 6.54 Å². The molecular formula is C18H32N4O. The smallest absolute Gasteiger partial charge is 0.317 e. The first-order chi connectivity index (χ1) is 11.0. The van der Waals surface area contributed by atoms with E-state index in [1.54, 1.807) is 0 Å². The minimum atomic E-state index is 0.0230. The molecule has 1 aromatic heterocycles. The third-order valence-corrected chi connectivity index (χ3v) is 4.86. The summed E-state index contributed by atoms with van der Waals surface area (Å²) >= 11 is 0. The van der Waals surface area contributed by atoms with Crippen molar-refractivity contribution in [3.63, 3.8) is 0 Å². The van der Waals surface area contributed by atoms with E-state index in [0.29, 0.717) is 6.54 Å². The van der Waals surface area contributed by atoms with Crippen LogP contribution in [0, 0.1) is 19.8 Å². The summed E-state index contributed by atoms with van der Waals surface area (Å²) in [4.78, 5) is 14.1. The monoisotopic (exact) mass is 320 g/mol. The lowest BCUT2D eigenvalue weighted by molar-refractivity contribution is 0.197. The van der Waals surface area contributed by atoms with Gasteiger partial charge in [-0.25, -0.2) is 4.79 Å². The maximum atomic E-state index is 12.3. The van der Waals surface area contributed by atoms with E-state index in [1.807, 2.05) is 37.4 Å². The Bertz CT molecular complexity index is 505. The molecule has 130 valence electrons. The van der Waals surface area contributed by atoms with E-state index in [9.17, 15) is 4.79 Å². The lowest BCUT2D eigenvalue weighted by atomic mass is 9.87. The maximum absolute atomic E-state index is 12.3. The molecule has 23 heavy (non-hydrogen) atoms. The number of carbonyl (C=O) groups is 1. The van der Waals surface area contributed by atoms with Gasteiger partial charge in [-0.15, -0.1) is 0 Å². The van der Waals surface area contributed by atoms with Crippen molar-refractivity contribution in [2.45, 2.75) is 71.9 Å². The third-order valence-electron chi connectivity index (χ3n) is 4.86. The van der Waals surface area contributed by atoms with E-state index >= 15 is 0 Å². The molecule has 5 heteroatoms. The van der Waals surface area contributed by atoms with Gasteiger partial charge in [-0.3, -0.25) is 4.68 Å². The van der Waals surface area contributed by atoms with Gasteiger partial charge in [-0.05, 0) is 39.2 Å². The molecule has 2 rings (SSSR count). The first kappa shape index (κ1) is 17.8. The summed E-state index contributed by atoms with van der Waals surface area (Å²) in [6.45, 7) is 7.63. The summed E-state index contributed by atoms with van der Waals surface area (Å²) in [6, 6.07) is 2.15. The molecule has 0 saturated heterocycles. The maximum Gasteiger partial charge on any atom is 0.317 e. The first-order valence-corrected chi connectivity index (χ1v) is 8.98. The molecule has 1 saturated carbocycles. The molecule has 1 N–H and O–H groups in total. The molecule has 1 heterocycles. The number of aromatic nitrogens is 2. The Balaban J connectivity index is 1.72. The summed E-state index contributed by atoms with van der Waals surface area (Å²) in [6.07, 6.45) is 7.92. The molecule has 0 aromatic carbocycles. The van der Waals surface area contributed by atoms with Crippen LogP contribution >= 0.6 is 0 Å². The molecule has 0 aliphatic heterocycles. The van der Waals surface area contributed by atoms with Crippen LogP contribution in [-0.4, -0.2) is 40.3 Å². The Kier molecular flexibility index (Phi) is 6.48. The standard InChI is InChI=1S/C18H32N4O/c1-14-12-16(3)22(20-14)13-15(2)19-18(23)21(4)11-10-17-8-6-5-7-9-17/h12,15,17H,5-11,13H2,1-4H3,(H,19,23)/t15-/m0/s1. The molecule has 0 spiro atoms. The zero-order valence-corrected chi connectivity index (χ0v) is 15.1. The van der Waals surface area contributed by atoms with Crippen LogP contribution in [0.5, 0.6) is 0 Å². The second-order valence-electron chi connectivity index (χ2n) is 7.17. The fraction of sp³-hybridized carbons (Fsp3) is 0.778. The third kappa shape index (κ3) is 5.56. The predicted molar refractivity (Wildman–Crippen MR) is 93.5 cm³/mol. The van der Waals surface area contributed by atoms with Gasteiger partial charge in [-0.2, -0.15) is 5.10 Å². The highest BCUT2D eigenvalue weighted by Crippen LogP contribution is 2.26. The Hall–Kier alpha value is -1.52. The number of aryl methyl sites for hydroxylation is 2. The minimum absolute atomic E-state index is 0.0230. The summed E-state index contributed by atoms with van der Waals surface area (Å²) in [7, 11) is 1.90. The Labute approximate surface area is 140 Å². The highest BCUT2D eigenvalue weighted by Gasteiger charge is 2.17. The average molecular weight is 320 g/mol. The molecule has 1 atom stereocenters. The quantitative estimate of drug-likeness (QED) is 0.872. The van der Waals surface area contributed by atoms with Crippen molar-refractivity contribution < 1.29 is 4.79 Å². The molecule has 1 aromatic rings. The molecule has 0 bridgehead atoms. The summed E-state index contributed by atoms with van der Waals surface area (Å²) in [5, 5.41) is 7.53. The van der Waals surface area contributed by atoms with Crippen LogP contribution in [0.4, 0.5) is 4.79 Å². The molecule has 1 aliphatic rings. The minimum Gasteiger partial charge on any atom is -0.334 e. The van der Waals surface area contributed by atoms with E-state index in [-0.39, 0.29) is 12.1 Å². The van der Waals surface area contributed by atoms with E-state index in [1.165, 1.54) is 32.1 Å². The summed E-state index contributed by atoms with van der Waals surface area (Å²) in [5.74, 6) is 0.811. The number of carbonyl (C=O) groups excluding carboxylic acids is 1. The van der Waals surface area contributed by atoms with Crippen LogP contribution in [0.2, 0.25) is 0 Å². The number of hydrogen-bond donors (Lipinski definition) is 1. The van der Waals surface area contributed by atoms with Crippen LogP contribution in [0.3, 0.4) is 0 Å². The average Bonchev–Trinajstić information content (AvgIpc) is 2.83. The Morgan fingerprint density at radius 3 is 2.70 bits per heavy atom. The largest absolute Gasteiger partial charge is 0.334 e. The predicted octanol–water partition coefficient (Wildman–Crippen LogP) is 3.50. The second kappa shape index (κ2) is 8.37. The zero-order chi connectivity index (χ0) is 16.8.